The highest BCUT2D eigenvalue weighted by atomic mass is 19.3. The van der Waals surface area contributed by atoms with E-state index in [0.717, 1.165) is 12.3 Å². The lowest BCUT2D eigenvalue weighted by Gasteiger charge is -2.10. The lowest BCUT2D eigenvalue weighted by molar-refractivity contribution is -0.385. The first-order chi connectivity index (χ1) is 13.3. The molecule has 0 aliphatic carbocycles. The van der Waals surface area contributed by atoms with Gasteiger partial charge in [0.25, 0.3) is 5.69 Å². The van der Waals surface area contributed by atoms with E-state index in [1.54, 1.807) is 6.92 Å². The van der Waals surface area contributed by atoms with Crippen LogP contribution in [0.15, 0.2) is 30.5 Å². The molecule has 0 aliphatic heterocycles. The van der Waals surface area contributed by atoms with Gasteiger partial charge in [-0.05, 0) is 30.7 Å². The quantitative estimate of drug-likeness (QED) is 0.380. The van der Waals surface area contributed by atoms with Gasteiger partial charge < -0.3 is 14.2 Å². The number of aromatic nitrogens is 1. The molecule has 0 bridgehead atoms. The fourth-order valence-corrected chi connectivity index (χ4v) is 2.23. The molecule has 2 aromatic rings. The number of halogens is 2. The SMILES string of the molecule is CCOC(=O)c1cc([N+](=O)[O-])cnc1/C=C/c1ccc(OC(F)F)c(OC)c1. The molecule has 0 fully saturated rings. The number of benzene rings is 1. The number of carbonyl (C=O) groups is 1. The molecule has 0 saturated carbocycles. The van der Waals surface area contributed by atoms with Crippen molar-refractivity contribution in [2.45, 2.75) is 13.5 Å². The zero-order valence-corrected chi connectivity index (χ0v) is 14.9. The van der Waals surface area contributed by atoms with Gasteiger partial charge in [-0.1, -0.05) is 12.1 Å². The standard InChI is InChI=1S/C18H16F2N2O6/c1-3-27-17(23)13-9-12(22(24)25)10-21-14(13)6-4-11-5-7-15(28-18(19)20)16(8-11)26-2/h4-10,18H,3H2,1-2H3/b6-4+. The number of rotatable bonds is 8. The smallest absolute Gasteiger partial charge is 0.387 e. The molecule has 8 nitrogen and oxygen atoms in total. The molecular formula is C18H16F2N2O6. The molecule has 148 valence electrons. The van der Waals surface area contributed by atoms with Crippen LogP contribution in [0.2, 0.25) is 0 Å². The Bertz CT molecular complexity index is 902. The number of ether oxygens (including phenoxy) is 3. The molecule has 1 heterocycles. The van der Waals surface area contributed by atoms with Crippen molar-refractivity contribution >= 4 is 23.8 Å². The van der Waals surface area contributed by atoms with Crippen LogP contribution in [0.3, 0.4) is 0 Å². The summed E-state index contributed by atoms with van der Waals surface area (Å²) in [6, 6.07) is 5.32. The highest BCUT2D eigenvalue weighted by molar-refractivity contribution is 5.94. The summed E-state index contributed by atoms with van der Waals surface area (Å²) in [7, 11) is 1.30. The summed E-state index contributed by atoms with van der Waals surface area (Å²) in [5.74, 6) is -0.795. The first-order valence-electron chi connectivity index (χ1n) is 7.98. The van der Waals surface area contributed by atoms with Gasteiger partial charge in [0.2, 0.25) is 0 Å². The minimum Gasteiger partial charge on any atom is -0.493 e. The van der Waals surface area contributed by atoms with Gasteiger partial charge in [-0.3, -0.25) is 10.1 Å². The maximum Gasteiger partial charge on any atom is 0.387 e. The number of carbonyl (C=O) groups excluding carboxylic acids is 1. The van der Waals surface area contributed by atoms with E-state index in [1.165, 1.54) is 37.5 Å². The molecule has 0 atom stereocenters. The molecule has 0 unspecified atom stereocenters. The predicted octanol–water partition coefficient (Wildman–Crippen LogP) is 3.95. The number of esters is 1. The number of nitro groups is 1. The minimum absolute atomic E-state index is 0.0723. The Morgan fingerprint density at radius 1 is 1.29 bits per heavy atom. The van der Waals surface area contributed by atoms with Gasteiger partial charge in [0.1, 0.15) is 6.20 Å². The van der Waals surface area contributed by atoms with Crippen LogP contribution < -0.4 is 9.47 Å². The zero-order chi connectivity index (χ0) is 20.7. The van der Waals surface area contributed by atoms with Crippen LogP contribution in [0.4, 0.5) is 14.5 Å². The molecule has 10 heteroatoms. The third-order valence-corrected chi connectivity index (χ3v) is 3.45. The van der Waals surface area contributed by atoms with Crippen molar-refractivity contribution in [3.8, 4) is 11.5 Å². The lowest BCUT2D eigenvalue weighted by atomic mass is 10.1. The molecule has 0 amide bonds. The van der Waals surface area contributed by atoms with E-state index in [2.05, 4.69) is 9.72 Å². The molecule has 0 radical (unpaired) electrons. The summed E-state index contributed by atoms with van der Waals surface area (Å²) in [6.45, 7) is -1.30. The number of nitrogens with zero attached hydrogens (tertiary/aromatic N) is 2. The second-order valence-corrected chi connectivity index (χ2v) is 5.23. The Hall–Kier alpha value is -3.56. The van der Waals surface area contributed by atoms with Crippen LogP contribution in [0.5, 0.6) is 11.5 Å². The second kappa shape index (κ2) is 9.40. The monoisotopic (exact) mass is 394 g/mol. The highest BCUT2D eigenvalue weighted by Crippen LogP contribution is 2.30. The number of hydrogen-bond acceptors (Lipinski definition) is 7. The second-order valence-electron chi connectivity index (χ2n) is 5.23. The van der Waals surface area contributed by atoms with Gasteiger partial charge in [-0.15, -0.1) is 0 Å². The van der Waals surface area contributed by atoms with Crippen molar-refractivity contribution in [2.75, 3.05) is 13.7 Å². The van der Waals surface area contributed by atoms with Crippen molar-refractivity contribution in [3.63, 3.8) is 0 Å². The third kappa shape index (κ3) is 5.22. The fraction of sp³-hybridized carbons (Fsp3) is 0.222. The molecule has 28 heavy (non-hydrogen) atoms. The Labute approximate surface area is 158 Å². The average Bonchev–Trinajstić information content (AvgIpc) is 2.66. The lowest BCUT2D eigenvalue weighted by Crippen LogP contribution is -2.08. The van der Waals surface area contributed by atoms with Crippen LogP contribution >= 0.6 is 0 Å². The number of pyridine rings is 1. The van der Waals surface area contributed by atoms with Crippen LogP contribution in [-0.2, 0) is 4.74 Å². The molecule has 0 spiro atoms. The van der Waals surface area contributed by atoms with Crippen LogP contribution in [-0.4, -0.2) is 36.2 Å². The van der Waals surface area contributed by atoms with Crippen molar-refractivity contribution < 1.29 is 32.7 Å². The Balaban J connectivity index is 2.37. The van der Waals surface area contributed by atoms with Gasteiger partial charge in [-0.25, -0.2) is 9.78 Å². The maximum atomic E-state index is 12.4. The summed E-state index contributed by atoms with van der Waals surface area (Å²) in [4.78, 5) is 26.3. The maximum absolute atomic E-state index is 12.4. The average molecular weight is 394 g/mol. The van der Waals surface area contributed by atoms with Crippen molar-refractivity contribution in [1.82, 2.24) is 4.98 Å². The summed E-state index contributed by atoms with van der Waals surface area (Å²) < 4.78 is 39.0. The van der Waals surface area contributed by atoms with Crippen molar-refractivity contribution in [1.29, 1.82) is 0 Å². The topological polar surface area (TPSA) is 101 Å². The van der Waals surface area contributed by atoms with Gasteiger partial charge in [0.05, 0.1) is 29.9 Å². The van der Waals surface area contributed by atoms with Crippen molar-refractivity contribution in [2.24, 2.45) is 0 Å². The normalized spacial score (nSPS) is 10.9. The number of methoxy groups -OCH3 is 1. The Morgan fingerprint density at radius 3 is 2.64 bits per heavy atom. The van der Waals surface area contributed by atoms with E-state index in [-0.39, 0.29) is 35.1 Å². The molecule has 0 aliphatic rings. The predicted molar refractivity (Wildman–Crippen MR) is 95.4 cm³/mol. The van der Waals surface area contributed by atoms with E-state index in [1.807, 2.05) is 0 Å². The molecule has 2 rings (SSSR count). The fourth-order valence-electron chi connectivity index (χ4n) is 2.23. The van der Waals surface area contributed by atoms with E-state index in [4.69, 9.17) is 9.47 Å². The summed E-state index contributed by atoms with van der Waals surface area (Å²) in [5, 5.41) is 10.9. The summed E-state index contributed by atoms with van der Waals surface area (Å²) in [6.07, 6.45) is 3.99. The van der Waals surface area contributed by atoms with E-state index in [0.29, 0.717) is 5.56 Å². The van der Waals surface area contributed by atoms with Gasteiger partial charge in [0.15, 0.2) is 11.5 Å². The van der Waals surface area contributed by atoms with E-state index in [9.17, 15) is 23.7 Å². The zero-order valence-electron chi connectivity index (χ0n) is 14.9. The number of hydrogen-bond donors (Lipinski definition) is 0. The first-order valence-corrected chi connectivity index (χ1v) is 7.98. The van der Waals surface area contributed by atoms with Crippen molar-refractivity contribution in [3.05, 3.63) is 57.4 Å². The van der Waals surface area contributed by atoms with E-state index < -0.39 is 17.5 Å². The third-order valence-electron chi connectivity index (χ3n) is 3.45. The van der Waals surface area contributed by atoms with Crippen LogP contribution in [0, 0.1) is 10.1 Å². The Morgan fingerprint density at radius 2 is 2.04 bits per heavy atom. The molecular weight excluding hydrogens is 378 g/mol. The first kappa shape index (κ1) is 20.7. The van der Waals surface area contributed by atoms with Crippen LogP contribution in [0.1, 0.15) is 28.5 Å². The van der Waals surface area contributed by atoms with Gasteiger partial charge >= 0.3 is 12.6 Å². The number of alkyl halides is 2. The van der Waals surface area contributed by atoms with Gasteiger partial charge in [0, 0.05) is 6.07 Å². The van der Waals surface area contributed by atoms with Crippen LogP contribution in [0.25, 0.3) is 12.2 Å². The molecule has 1 aromatic carbocycles. The Kier molecular flexibility index (Phi) is 6.96. The molecule has 0 N–H and O–H groups in total. The van der Waals surface area contributed by atoms with E-state index >= 15 is 0 Å². The molecule has 0 saturated heterocycles. The molecule has 1 aromatic heterocycles. The highest BCUT2D eigenvalue weighted by Gasteiger charge is 2.18. The van der Waals surface area contributed by atoms with Gasteiger partial charge in [-0.2, -0.15) is 8.78 Å². The largest absolute Gasteiger partial charge is 0.493 e. The minimum atomic E-state index is -2.99. The summed E-state index contributed by atoms with van der Waals surface area (Å²) in [5.41, 5.74) is 0.261. The summed E-state index contributed by atoms with van der Waals surface area (Å²) >= 11 is 0.